The lowest BCUT2D eigenvalue weighted by atomic mass is 9.78. The van der Waals surface area contributed by atoms with Crippen LogP contribution in [-0.4, -0.2) is 138 Å². The van der Waals surface area contributed by atoms with Crippen LogP contribution in [0.4, 0.5) is 0 Å². The first-order chi connectivity index (χ1) is 34.1. The molecule has 1 N–H and O–H groups in total. The van der Waals surface area contributed by atoms with Crippen LogP contribution < -0.4 is 0 Å². The smallest absolute Gasteiger partial charge is 0.329 e. The number of Topliss-reactive ketones (excluding diaryl/α,β-unsaturated/α-hetero) is 3. The number of cyclic esters (lactones) is 1. The fraction of sp³-hybridized carbons (Fsp3) is 0.772. The number of hydrogen-bond donors (Lipinski definition) is 1. The molecule has 0 spiro atoms. The minimum atomic E-state index is -2.42. The Bertz CT molecular complexity index is 1990. The number of carbonyl (C=O) groups is 5. The van der Waals surface area contributed by atoms with Crippen molar-refractivity contribution in [1.82, 2.24) is 4.90 Å². The van der Waals surface area contributed by atoms with Crippen molar-refractivity contribution in [2.45, 2.75) is 219 Å². The Labute approximate surface area is 441 Å². The summed E-state index contributed by atoms with van der Waals surface area (Å²) >= 11 is 0. The van der Waals surface area contributed by atoms with Gasteiger partial charge in [0.05, 0.1) is 30.5 Å². The fourth-order valence-electron chi connectivity index (χ4n) is 11.2. The molecular weight excluding hydrogens is 963 g/mol. The van der Waals surface area contributed by atoms with Crippen molar-refractivity contribution in [3.8, 4) is 0 Å². The molecule has 1 aliphatic carbocycles. The van der Waals surface area contributed by atoms with Crippen LogP contribution in [0.15, 0.2) is 47.6 Å². The number of ether oxygens (including phenoxy) is 5. The van der Waals surface area contributed by atoms with E-state index in [-0.39, 0.29) is 66.8 Å². The Morgan fingerprint density at radius 3 is 2.08 bits per heavy atom. The van der Waals surface area contributed by atoms with Gasteiger partial charge in [-0.1, -0.05) is 71.1 Å². The maximum atomic E-state index is 14.7. The standard InChI is InChI=1S/C57H95NO13Si2/c1-36-22-18-17-19-23-37(2)48(65-8)34-44-27-25-42(7)57(64,69-44)54(61)55(62)58-29-21-20-24-45(58)56(63)68-49(39(4)32-43-26-28-47(50(33-43)66-9)70-72(11,12)13)35-46(59)38(3)31-41(6)52(71-73(14,15)16)53(67-10)51(60)40(5)30-36/h17-19,22-23,31,36,38-40,42-45,47-50,52-53,64H,20-21,24-30,32-35H2,1-16H3/b19-17+,22-18+,37-23+,41-31+. The van der Waals surface area contributed by atoms with E-state index in [1.54, 1.807) is 21.1 Å². The highest BCUT2D eigenvalue weighted by molar-refractivity contribution is 6.70. The number of allylic oxidation sites excluding steroid dienone is 6. The fourth-order valence-corrected chi connectivity index (χ4v) is 13.5. The average molecular weight is 1060 g/mol. The van der Waals surface area contributed by atoms with Crippen LogP contribution >= 0.6 is 0 Å². The second kappa shape index (κ2) is 27.9. The molecule has 0 radical (unpaired) electrons. The van der Waals surface area contributed by atoms with E-state index in [0.717, 1.165) is 24.8 Å². The van der Waals surface area contributed by atoms with Gasteiger partial charge < -0.3 is 42.5 Å². The molecule has 3 fully saturated rings. The highest BCUT2D eigenvalue weighted by Gasteiger charge is 2.53. The highest BCUT2D eigenvalue weighted by Crippen LogP contribution is 2.39. The number of rotatable bonds is 10. The Kier molecular flexibility index (Phi) is 23.9. The van der Waals surface area contributed by atoms with Gasteiger partial charge >= 0.3 is 5.97 Å². The number of esters is 1. The van der Waals surface area contributed by atoms with Crippen LogP contribution in [-0.2, 0) is 56.5 Å². The summed E-state index contributed by atoms with van der Waals surface area (Å²) in [6, 6.07) is -1.11. The van der Waals surface area contributed by atoms with Crippen LogP contribution in [0.1, 0.15) is 126 Å². The minimum absolute atomic E-state index is 0.00537. The predicted molar refractivity (Wildman–Crippen MR) is 290 cm³/mol. The summed E-state index contributed by atoms with van der Waals surface area (Å²) < 4.78 is 43.8. The quantitative estimate of drug-likeness (QED) is 0.0949. The van der Waals surface area contributed by atoms with Crippen molar-refractivity contribution in [1.29, 1.82) is 0 Å². The van der Waals surface area contributed by atoms with Crippen LogP contribution in [0.5, 0.6) is 0 Å². The van der Waals surface area contributed by atoms with E-state index in [1.165, 1.54) is 12.0 Å². The lowest BCUT2D eigenvalue weighted by Crippen LogP contribution is -2.61. The lowest BCUT2D eigenvalue weighted by Gasteiger charge is -2.42. The van der Waals surface area contributed by atoms with E-state index < -0.39 is 88.5 Å². The molecule has 4 aliphatic rings. The summed E-state index contributed by atoms with van der Waals surface area (Å²) in [5.74, 6) is -7.19. The van der Waals surface area contributed by atoms with E-state index in [9.17, 15) is 29.1 Å². The van der Waals surface area contributed by atoms with Crippen LogP contribution in [0.2, 0.25) is 39.3 Å². The number of amides is 1. The third-order valence-corrected chi connectivity index (χ3v) is 17.4. The molecule has 2 bridgehead atoms. The number of hydrogen-bond acceptors (Lipinski definition) is 13. The first kappa shape index (κ1) is 62.6. The molecule has 0 aromatic heterocycles. The van der Waals surface area contributed by atoms with Crippen molar-refractivity contribution in [2.75, 3.05) is 27.9 Å². The number of methoxy groups -OCH3 is 3. The first-order valence-electron chi connectivity index (χ1n) is 27.3. The monoisotopic (exact) mass is 1060 g/mol. The van der Waals surface area contributed by atoms with Gasteiger partial charge in [0.25, 0.3) is 11.7 Å². The van der Waals surface area contributed by atoms with Gasteiger partial charge in [0, 0.05) is 58.5 Å². The molecule has 4 rings (SSSR count). The number of ketones is 3. The predicted octanol–water partition coefficient (Wildman–Crippen LogP) is 9.90. The normalized spacial score (nSPS) is 37.8. The Morgan fingerprint density at radius 2 is 1.45 bits per heavy atom. The summed E-state index contributed by atoms with van der Waals surface area (Å²) in [4.78, 5) is 73.6. The SMILES string of the molecule is COC1CC2CCC(C)C(O)(O2)C(=O)C(=O)N2CCCCC2C(=O)OC(C(C)CC2CCC(O[Si](C)(C)C)C(OC)C2)CC(=O)C(C)/C=C(\C)C(O[Si](C)(C)C)C(OC)C(=O)C(C)CC(C)/C=C/C=C/C=C/1C. The van der Waals surface area contributed by atoms with Crippen LogP contribution in [0.3, 0.4) is 0 Å². The van der Waals surface area contributed by atoms with Gasteiger partial charge in [-0.15, -0.1) is 0 Å². The summed E-state index contributed by atoms with van der Waals surface area (Å²) in [5, 5.41) is 12.1. The largest absolute Gasteiger partial charge is 0.460 e. The molecule has 0 aromatic carbocycles. The van der Waals surface area contributed by atoms with Crippen molar-refractivity contribution in [3.63, 3.8) is 0 Å². The van der Waals surface area contributed by atoms with E-state index >= 15 is 0 Å². The van der Waals surface area contributed by atoms with Crippen molar-refractivity contribution in [3.05, 3.63) is 47.6 Å². The van der Waals surface area contributed by atoms with E-state index in [4.69, 9.17) is 32.5 Å². The third-order valence-electron chi connectivity index (χ3n) is 15.4. The number of piperidine rings is 1. The Hall–Kier alpha value is -2.94. The van der Waals surface area contributed by atoms with Crippen molar-refractivity contribution >= 4 is 45.9 Å². The van der Waals surface area contributed by atoms with Crippen molar-refractivity contribution < 1.29 is 61.6 Å². The second-order valence-electron chi connectivity index (χ2n) is 24.0. The number of fused-ring (bicyclic) bond motifs is 3. The molecule has 1 amide bonds. The first-order valence-corrected chi connectivity index (χ1v) is 34.1. The molecule has 15 unspecified atom stereocenters. The summed E-state index contributed by atoms with van der Waals surface area (Å²) in [6.45, 7) is 26.1. The Balaban J connectivity index is 1.76. The summed E-state index contributed by atoms with van der Waals surface area (Å²) in [7, 11) is 0.716. The summed E-state index contributed by atoms with van der Waals surface area (Å²) in [5.41, 5.74) is 1.60. The van der Waals surface area contributed by atoms with Crippen LogP contribution in [0, 0.1) is 35.5 Å². The molecule has 2 saturated heterocycles. The highest BCUT2D eigenvalue weighted by atomic mass is 28.4. The average Bonchev–Trinajstić information content (AvgIpc) is 3.32. The molecule has 0 aromatic rings. The van der Waals surface area contributed by atoms with E-state index in [2.05, 4.69) is 52.3 Å². The lowest BCUT2D eigenvalue weighted by molar-refractivity contribution is -0.265. The van der Waals surface area contributed by atoms with Gasteiger partial charge in [-0.2, -0.15) is 0 Å². The third kappa shape index (κ3) is 18.1. The number of nitrogens with zero attached hydrogens (tertiary/aromatic N) is 1. The van der Waals surface area contributed by atoms with E-state index in [1.807, 2.05) is 65.0 Å². The van der Waals surface area contributed by atoms with Gasteiger partial charge in [0.2, 0.25) is 5.79 Å². The molecule has 414 valence electrons. The van der Waals surface area contributed by atoms with Gasteiger partial charge in [-0.05, 0) is 146 Å². The molecular formula is C57H95NO13Si2. The zero-order valence-corrected chi connectivity index (χ0v) is 49.5. The van der Waals surface area contributed by atoms with Gasteiger partial charge in [0.15, 0.2) is 22.4 Å². The molecule has 15 atom stereocenters. The van der Waals surface area contributed by atoms with Crippen molar-refractivity contribution in [2.24, 2.45) is 35.5 Å². The molecule has 14 nitrogen and oxygen atoms in total. The second-order valence-corrected chi connectivity index (χ2v) is 32.9. The van der Waals surface area contributed by atoms with E-state index in [0.29, 0.717) is 50.5 Å². The van der Waals surface area contributed by atoms with Gasteiger partial charge in [-0.3, -0.25) is 19.2 Å². The number of carbonyl (C=O) groups excluding carboxylic acids is 5. The topological polar surface area (TPSA) is 173 Å². The molecule has 73 heavy (non-hydrogen) atoms. The Morgan fingerprint density at radius 1 is 0.767 bits per heavy atom. The molecule has 1 saturated carbocycles. The molecule has 16 heteroatoms. The molecule has 3 aliphatic heterocycles. The molecule has 3 heterocycles. The minimum Gasteiger partial charge on any atom is -0.460 e. The zero-order chi connectivity index (χ0) is 54.6. The van der Waals surface area contributed by atoms with Crippen LogP contribution in [0.25, 0.3) is 0 Å². The van der Waals surface area contributed by atoms with Gasteiger partial charge in [0.1, 0.15) is 24.0 Å². The number of aliphatic hydroxyl groups is 1. The summed E-state index contributed by atoms with van der Waals surface area (Å²) in [6.07, 6.45) is 14.3. The zero-order valence-electron chi connectivity index (χ0n) is 47.5. The van der Waals surface area contributed by atoms with Gasteiger partial charge in [-0.25, -0.2) is 4.79 Å². The maximum Gasteiger partial charge on any atom is 0.329 e. The maximum absolute atomic E-state index is 14.7.